The lowest BCUT2D eigenvalue weighted by Gasteiger charge is -2.35. The number of nitrogens with zero attached hydrogens (tertiary/aromatic N) is 3. The lowest BCUT2D eigenvalue weighted by Crippen LogP contribution is -2.48. The van der Waals surface area contributed by atoms with E-state index in [2.05, 4.69) is 4.98 Å². The van der Waals surface area contributed by atoms with Gasteiger partial charge in [0.25, 0.3) is 5.69 Å². The van der Waals surface area contributed by atoms with Crippen LogP contribution in [0.15, 0.2) is 18.3 Å². The molecule has 7 heteroatoms. The second-order valence-electron chi connectivity index (χ2n) is 3.73. The maximum Gasteiger partial charge on any atom is 0.274 e. The van der Waals surface area contributed by atoms with Gasteiger partial charge in [-0.3, -0.25) is 10.1 Å². The van der Waals surface area contributed by atoms with Gasteiger partial charge in [0.2, 0.25) is 0 Å². The molecule has 0 aliphatic carbocycles. The van der Waals surface area contributed by atoms with Crippen LogP contribution in [0.4, 0.5) is 11.5 Å². The smallest absolute Gasteiger partial charge is 0.274 e. The van der Waals surface area contributed by atoms with Crippen molar-refractivity contribution in [3.8, 4) is 0 Å². The number of aromatic nitrogens is 1. The largest absolute Gasteiger partial charge is 0.394 e. The van der Waals surface area contributed by atoms with Crippen LogP contribution in [-0.4, -0.2) is 47.4 Å². The topological polar surface area (TPSA) is 88.7 Å². The Hall–Kier alpha value is -1.73. The Bertz CT molecular complexity index is 412. The summed E-state index contributed by atoms with van der Waals surface area (Å²) in [7, 11) is 0. The minimum Gasteiger partial charge on any atom is -0.394 e. The van der Waals surface area contributed by atoms with Gasteiger partial charge in [-0.05, 0) is 0 Å². The molecule has 92 valence electrons. The molecule has 0 spiro atoms. The van der Waals surface area contributed by atoms with Crippen molar-refractivity contribution in [2.24, 2.45) is 0 Å². The van der Waals surface area contributed by atoms with E-state index in [-0.39, 0.29) is 18.3 Å². The Morgan fingerprint density at radius 1 is 1.71 bits per heavy atom. The number of nitro groups is 1. The van der Waals surface area contributed by atoms with Crippen molar-refractivity contribution in [2.75, 3.05) is 31.3 Å². The first kappa shape index (κ1) is 11.7. The second kappa shape index (κ2) is 5.07. The molecular weight excluding hydrogens is 226 g/mol. The SMILES string of the molecule is O=[N+]([O-])c1ccnc(N2CCOCC2CO)c1. The number of aliphatic hydroxyl groups excluding tert-OH is 1. The third kappa shape index (κ3) is 2.51. The zero-order valence-corrected chi connectivity index (χ0v) is 9.15. The number of aliphatic hydroxyl groups is 1. The van der Waals surface area contributed by atoms with E-state index in [9.17, 15) is 15.2 Å². The second-order valence-corrected chi connectivity index (χ2v) is 3.73. The molecule has 2 rings (SSSR count). The van der Waals surface area contributed by atoms with Crippen LogP contribution in [0.1, 0.15) is 0 Å². The zero-order chi connectivity index (χ0) is 12.3. The van der Waals surface area contributed by atoms with Gasteiger partial charge in [-0.1, -0.05) is 0 Å². The molecule has 1 atom stereocenters. The lowest BCUT2D eigenvalue weighted by molar-refractivity contribution is -0.384. The Morgan fingerprint density at radius 2 is 2.53 bits per heavy atom. The predicted octanol–water partition coefficient (Wildman–Crippen LogP) is 0.187. The Kier molecular flexibility index (Phi) is 3.50. The van der Waals surface area contributed by atoms with Gasteiger partial charge < -0.3 is 14.7 Å². The molecule has 0 bridgehead atoms. The molecular formula is C10H13N3O4. The van der Waals surface area contributed by atoms with Gasteiger partial charge in [0.15, 0.2) is 0 Å². The van der Waals surface area contributed by atoms with Crippen molar-refractivity contribution < 1.29 is 14.8 Å². The summed E-state index contributed by atoms with van der Waals surface area (Å²) < 4.78 is 5.24. The highest BCUT2D eigenvalue weighted by atomic mass is 16.6. The van der Waals surface area contributed by atoms with Crippen LogP contribution in [0.2, 0.25) is 0 Å². The normalized spacial score (nSPS) is 20.3. The van der Waals surface area contributed by atoms with Crippen molar-refractivity contribution >= 4 is 11.5 Å². The van der Waals surface area contributed by atoms with Crippen molar-refractivity contribution in [3.05, 3.63) is 28.4 Å². The van der Waals surface area contributed by atoms with Crippen molar-refractivity contribution in [3.63, 3.8) is 0 Å². The molecule has 7 nitrogen and oxygen atoms in total. The summed E-state index contributed by atoms with van der Waals surface area (Å²) >= 11 is 0. The summed E-state index contributed by atoms with van der Waals surface area (Å²) in [4.78, 5) is 16.1. The minimum atomic E-state index is -0.459. The highest BCUT2D eigenvalue weighted by Crippen LogP contribution is 2.21. The molecule has 1 saturated heterocycles. The number of anilines is 1. The molecule has 17 heavy (non-hydrogen) atoms. The summed E-state index contributed by atoms with van der Waals surface area (Å²) in [5.41, 5.74) is -0.00168. The molecule has 0 amide bonds. The molecule has 1 fully saturated rings. The van der Waals surface area contributed by atoms with Crippen molar-refractivity contribution in [2.45, 2.75) is 6.04 Å². The standard InChI is InChI=1S/C10H13N3O4/c14-6-9-7-17-4-3-12(9)10-5-8(13(15)16)1-2-11-10/h1-2,5,9,14H,3-4,6-7H2. The third-order valence-corrected chi connectivity index (χ3v) is 2.67. The van der Waals surface area contributed by atoms with E-state index in [1.54, 1.807) is 0 Å². The van der Waals surface area contributed by atoms with E-state index in [4.69, 9.17) is 4.74 Å². The highest BCUT2D eigenvalue weighted by Gasteiger charge is 2.24. The van der Waals surface area contributed by atoms with Crippen molar-refractivity contribution in [1.29, 1.82) is 0 Å². The Labute approximate surface area is 97.8 Å². The van der Waals surface area contributed by atoms with Crippen LogP contribution in [0.25, 0.3) is 0 Å². The van der Waals surface area contributed by atoms with Crippen LogP contribution in [-0.2, 0) is 4.74 Å². The first-order chi connectivity index (χ1) is 8.22. The first-order valence-electron chi connectivity index (χ1n) is 5.28. The summed E-state index contributed by atoms with van der Waals surface area (Å²) in [5, 5.41) is 19.9. The fourth-order valence-electron chi connectivity index (χ4n) is 1.79. The van der Waals surface area contributed by atoms with Gasteiger partial charge in [-0.15, -0.1) is 0 Å². The Morgan fingerprint density at radius 3 is 3.24 bits per heavy atom. The molecule has 1 aliphatic heterocycles. The molecule has 1 N–H and O–H groups in total. The Balaban J connectivity index is 2.25. The van der Waals surface area contributed by atoms with Gasteiger partial charge in [-0.2, -0.15) is 0 Å². The van der Waals surface area contributed by atoms with Gasteiger partial charge >= 0.3 is 0 Å². The number of morpholine rings is 1. The van der Waals surface area contributed by atoms with E-state index in [0.29, 0.717) is 25.6 Å². The molecule has 0 saturated carbocycles. The van der Waals surface area contributed by atoms with Crippen LogP contribution < -0.4 is 4.90 Å². The highest BCUT2D eigenvalue weighted by molar-refractivity contribution is 5.47. The number of hydrogen-bond donors (Lipinski definition) is 1. The molecule has 0 aromatic carbocycles. The van der Waals surface area contributed by atoms with E-state index >= 15 is 0 Å². The van der Waals surface area contributed by atoms with Gasteiger partial charge in [0, 0.05) is 18.8 Å². The van der Waals surface area contributed by atoms with Crippen LogP contribution >= 0.6 is 0 Å². The minimum absolute atomic E-state index is 0.00168. The van der Waals surface area contributed by atoms with Crippen LogP contribution in [0, 0.1) is 10.1 Å². The number of pyridine rings is 1. The van der Waals surface area contributed by atoms with E-state index in [0.717, 1.165) is 0 Å². The first-order valence-corrected chi connectivity index (χ1v) is 5.28. The van der Waals surface area contributed by atoms with Gasteiger partial charge in [-0.25, -0.2) is 4.98 Å². The average Bonchev–Trinajstić information content (AvgIpc) is 2.39. The maximum atomic E-state index is 10.7. The molecule has 2 heterocycles. The molecule has 1 aliphatic rings. The number of hydrogen-bond acceptors (Lipinski definition) is 6. The summed E-state index contributed by atoms with van der Waals surface area (Å²) in [6, 6.07) is 2.56. The van der Waals surface area contributed by atoms with Crippen LogP contribution in [0.5, 0.6) is 0 Å². The third-order valence-electron chi connectivity index (χ3n) is 2.67. The molecule has 0 radical (unpaired) electrons. The van der Waals surface area contributed by atoms with E-state index in [1.165, 1.54) is 18.3 Å². The maximum absolute atomic E-state index is 10.7. The molecule has 1 aromatic heterocycles. The summed E-state index contributed by atoms with van der Waals surface area (Å²) in [5.74, 6) is 0.501. The lowest BCUT2D eigenvalue weighted by atomic mass is 10.2. The van der Waals surface area contributed by atoms with Crippen molar-refractivity contribution in [1.82, 2.24) is 4.98 Å². The fraction of sp³-hybridized carbons (Fsp3) is 0.500. The monoisotopic (exact) mass is 239 g/mol. The zero-order valence-electron chi connectivity index (χ0n) is 9.15. The predicted molar refractivity (Wildman–Crippen MR) is 59.9 cm³/mol. The average molecular weight is 239 g/mol. The van der Waals surface area contributed by atoms with Gasteiger partial charge in [0.05, 0.1) is 36.9 Å². The molecule has 1 aromatic rings. The summed E-state index contributed by atoms with van der Waals surface area (Å²) in [6.07, 6.45) is 1.40. The number of rotatable bonds is 3. The number of ether oxygens (including phenoxy) is 1. The van der Waals surface area contributed by atoms with Gasteiger partial charge in [0.1, 0.15) is 5.82 Å². The quantitative estimate of drug-likeness (QED) is 0.598. The van der Waals surface area contributed by atoms with E-state index < -0.39 is 4.92 Å². The van der Waals surface area contributed by atoms with Crippen LogP contribution in [0.3, 0.4) is 0 Å². The summed E-state index contributed by atoms with van der Waals surface area (Å²) in [6.45, 7) is 1.44. The fourth-order valence-corrected chi connectivity index (χ4v) is 1.79. The van der Waals surface area contributed by atoms with E-state index in [1.807, 2.05) is 4.90 Å². The molecule has 1 unspecified atom stereocenters.